The molecule has 0 saturated heterocycles. The van der Waals surface area contributed by atoms with Gasteiger partial charge in [-0.25, -0.2) is 4.98 Å². The normalized spacial score (nSPS) is 25.1. The Bertz CT molecular complexity index is 332. The van der Waals surface area contributed by atoms with Gasteiger partial charge in [0.05, 0.1) is 6.54 Å². The van der Waals surface area contributed by atoms with Crippen LogP contribution >= 0.6 is 0 Å². The molecule has 2 atom stereocenters. The lowest BCUT2D eigenvalue weighted by Crippen LogP contribution is -2.37. The van der Waals surface area contributed by atoms with Gasteiger partial charge in [0, 0.05) is 25.0 Å². The Morgan fingerprint density at radius 1 is 1.41 bits per heavy atom. The van der Waals surface area contributed by atoms with Crippen LogP contribution in [-0.4, -0.2) is 15.6 Å². The highest BCUT2D eigenvalue weighted by atomic mass is 15.1. The number of aryl methyl sites for hydroxylation is 1. The highest BCUT2D eigenvalue weighted by molar-refractivity contribution is 4.93. The van der Waals surface area contributed by atoms with Gasteiger partial charge in [0.2, 0.25) is 0 Å². The standard InChI is InChI=1S/C14H25N3/c1-3-9-17-10-8-15-14(17)11-16-13-7-5-4-6-12(13)2/h8,10,12-13,16H,3-7,9,11H2,1-2H3. The lowest BCUT2D eigenvalue weighted by atomic mass is 9.86. The summed E-state index contributed by atoms with van der Waals surface area (Å²) in [7, 11) is 0. The zero-order valence-electron chi connectivity index (χ0n) is 11.2. The van der Waals surface area contributed by atoms with Gasteiger partial charge >= 0.3 is 0 Å². The van der Waals surface area contributed by atoms with Crippen molar-refractivity contribution in [1.29, 1.82) is 0 Å². The predicted octanol–water partition coefficient (Wildman–Crippen LogP) is 2.96. The Morgan fingerprint density at radius 2 is 2.24 bits per heavy atom. The summed E-state index contributed by atoms with van der Waals surface area (Å²) in [6.07, 6.45) is 10.7. The van der Waals surface area contributed by atoms with E-state index in [1.807, 2.05) is 6.20 Å². The molecule has 1 heterocycles. The van der Waals surface area contributed by atoms with Gasteiger partial charge in [-0.2, -0.15) is 0 Å². The second-order valence-electron chi connectivity index (χ2n) is 5.29. The van der Waals surface area contributed by atoms with Crippen molar-refractivity contribution in [2.24, 2.45) is 5.92 Å². The fourth-order valence-corrected chi connectivity index (χ4v) is 2.79. The van der Waals surface area contributed by atoms with Crippen LogP contribution in [0.2, 0.25) is 0 Å². The Hall–Kier alpha value is -0.830. The van der Waals surface area contributed by atoms with Crippen LogP contribution in [0.4, 0.5) is 0 Å². The molecule has 0 aromatic carbocycles. The summed E-state index contributed by atoms with van der Waals surface area (Å²) in [6, 6.07) is 0.690. The quantitative estimate of drug-likeness (QED) is 0.850. The van der Waals surface area contributed by atoms with E-state index in [4.69, 9.17) is 0 Å². The van der Waals surface area contributed by atoms with Gasteiger partial charge in [0.1, 0.15) is 5.82 Å². The summed E-state index contributed by atoms with van der Waals surface area (Å²) in [4.78, 5) is 4.44. The minimum Gasteiger partial charge on any atom is -0.334 e. The van der Waals surface area contributed by atoms with Crippen molar-refractivity contribution in [3.8, 4) is 0 Å². The van der Waals surface area contributed by atoms with E-state index in [9.17, 15) is 0 Å². The number of imidazole rings is 1. The van der Waals surface area contributed by atoms with E-state index in [2.05, 4.69) is 34.9 Å². The number of hydrogen-bond acceptors (Lipinski definition) is 2. The van der Waals surface area contributed by atoms with Gasteiger partial charge in [0.15, 0.2) is 0 Å². The summed E-state index contributed by atoms with van der Waals surface area (Å²) in [5.41, 5.74) is 0. The van der Waals surface area contributed by atoms with Crippen molar-refractivity contribution in [3.63, 3.8) is 0 Å². The van der Waals surface area contributed by atoms with Crippen LogP contribution in [-0.2, 0) is 13.1 Å². The Morgan fingerprint density at radius 3 is 3.00 bits per heavy atom. The average Bonchev–Trinajstić information content (AvgIpc) is 2.76. The fourth-order valence-electron chi connectivity index (χ4n) is 2.79. The number of aromatic nitrogens is 2. The Kier molecular flexibility index (Phi) is 4.60. The van der Waals surface area contributed by atoms with Crippen molar-refractivity contribution >= 4 is 0 Å². The van der Waals surface area contributed by atoms with Gasteiger partial charge < -0.3 is 9.88 Å². The van der Waals surface area contributed by atoms with E-state index in [0.717, 1.165) is 19.0 Å². The first-order valence-electron chi connectivity index (χ1n) is 7.04. The van der Waals surface area contributed by atoms with Crippen LogP contribution in [0.5, 0.6) is 0 Å². The lowest BCUT2D eigenvalue weighted by Gasteiger charge is -2.29. The molecular weight excluding hydrogens is 210 g/mol. The molecule has 0 aliphatic heterocycles. The van der Waals surface area contributed by atoms with Gasteiger partial charge in [-0.3, -0.25) is 0 Å². The summed E-state index contributed by atoms with van der Waals surface area (Å²) in [5, 5.41) is 3.69. The maximum atomic E-state index is 4.44. The van der Waals surface area contributed by atoms with Crippen molar-refractivity contribution in [2.75, 3.05) is 0 Å². The molecule has 1 fully saturated rings. The van der Waals surface area contributed by atoms with Crippen LogP contribution in [0.15, 0.2) is 12.4 Å². The largest absolute Gasteiger partial charge is 0.334 e. The molecule has 96 valence electrons. The zero-order valence-corrected chi connectivity index (χ0v) is 11.2. The molecule has 1 aromatic rings. The number of rotatable bonds is 5. The summed E-state index contributed by atoms with van der Waals surface area (Å²) < 4.78 is 2.26. The van der Waals surface area contributed by atoms with E-state index in [1.54, 1.807) is 0 Å². The average molecular weight is 235 g/mol. The van der Waals surface area contributed by atoms with E-state index in [-0.39, 0.29) is 0 Å². The summed E-state index contributed by atoms with van der Waals surface area (Å²) >= 11 is 0. The van der Waals surface area contributed by atoms with Crippen molar-refractivity contribution in [2.45, 2.75) is 65.1 Å². The van der Waals surface area contributed by atoms with Crippen LogP contribution in [0, 0.1) is 5.92 Å². The van der Waals surface area contributed by atoms with Gasteiger partial charge in [-0.15, -0.1) is 0 Å². The number of hydrogen-bond donors (Lipinski definition) is 1. The Labute approximate surface area is 105 Å². The minimum atomic E-state index is 0.690. The first-order valence-corrected chi connectivity index (χ1v) is 7.04. The molecule has 3 heteroatoms. The fraction of sp³-hybridized carbons (Fsp3) is 0.786. The topological polar surface area (TPSA) is 29.9 Å². The van der Waals surface area contributed by atoms with Crippen molar-refractivity contribution in [1.82, 2.24) is 14.9 Å². The molecule has 0 spiro atoms. The highest BCUT2D eigenvalue weighted by Gasteiger charge is 2.20. The third kappa shape index (κ3) is 3.32. The predicted molar refractivity (Wildman–Crippen MR) is 70.8 cm³/mol. The third-order valence-corrected chi connectivity index (χ3v) is 3.90. The van der Waals surface area contributed by atoms with E-state index < -0.39 is 0 Å². The Balaban J connectivity index is 1.86. The molecule has 2 rings (SSSR count). The van der Waals surface area contributed by atoms with Crippen molar-refractivity contribution in [3.05, 3.63) is 18.2 Å². The lowest BCUT2D eigenvalue weighted by molar-refractivity contribution is 0.276. The number of nitrogens with zero attached hydrogens (tertiary/aromatic N) is 2. The van der Waals surface area contributed by atoms with E-state index in [1.165, 1.54) is 37.9 Å². The second-order valence-corrected chi connectivity index (χ2v) is 5.29. The molecule has 2 unspecified atom stereocenters. The molecule has 17 heavy (non-hydrogen) atoms. The van der Waals surface area contributed by atoms with Crippen LogP contribution in [0.25, 0.3) is 0 Å². The number of nitrogens with one attached hydrogen (secondary N) is 1. The monoisotopic (exact) mass is 235 g/mol. The molecule has 1 saturated carbocycles. The van der Waals surface area contributed by atoms with Crippen LogP contribution in [0.3, 0.4) is 0 Å². The zero-order chi connectivity index (χ0) is 12.1. The molecule has 1 aliphatic carbocycles. The smallest absolute Gasteiger partial charge is 0.122 e. The summed E-state index contributed by atoms with van der Waals surface area (Å²) in [6.45, 7) is 6.58. The molecule has 0 amide bonds. The third-order valence-electron chi connectivity index (χ3n) is 3.90. The first kappa shape index (κ1) is 12.6. The van der Waals surface area contributed by atoms with Gasteiger partial charge in [0.25, 0.3) is 0 Å². The molecule has 1 aliphatic rings. The van der Waals surface area contributed by atoms with Gasteiger partial charge in [-0.05, 0) is 25.2 Å². The molecule has 1 aromatic heterocycles. The van der Waals surface area contributed by atoms with Crippen molar-refractivity contribution < 1.29 is 0 Å². The molecule has 1 N–H and O–H groups in total. The molecule has 0 radical (unpaired) electrons. The first-order chi connectivity index (χ1) is 8.31. The minimum absolute atomic E-state index is 0.690. The molecular formula is C14H25N3. The maximum absolute atomic E-state index is 4.44. The van der Waals surface area contributed by atoms with E-state index in [0.29, 0.717) is 6.04 Å². The maximum Gasteiger partial charge on any atom is 0.122 e. The van der Waals surface area contributed by atoms with Crippen LogP contribution in [0.1, 0.15) is 51.8 Å². The summed E-state index contributed by atoms with van der Waals surface area (Å²) in [5.74, 6) is 2.00. The van der Waals surface area contributed by atoms with Crippen LogP contribution < -0.4 is 5.32 Å². The molecule has 3 nitrogen and oxygen atoms in total. The van der Waals surface area contributed by atoms with E-state index >= 15 is 0 Å². The highest BCUT2D eigenvalue weighted by Crippen LogP contribution is 2.23. The SMILES string of the molecule is CCCn1ccnc1CNC1CCCCC1C. The molecule has 0 bridgehead atoms. The van der Waals surface area contributed by atoms with Gasteiger partial charge in [-0.1, -0.05) is 26.7 Å². The second kappa shape index (κ2) is 6.20.